The maximum Gasteiger partial charge on any atom is 0.243 e. The number of hydroxylamine groups is 1. The molecule has 0 saturated carbocycles. The summed E-state index contributed by atoms with van der Waals surface area (Å²) in [5, 5.41) is 9.55. The molecule has 1 aromatic rings. The van der Waals surface area contributed by atoms with Crippen molar-refractivity contribution in [3.63, 3.8) is 0 Å². The maximum absolute atomic E-state index is 13.8. The molecule has 0 aromatic heterocycles. The number of amides is 1. The fourth-order valence-corrected chi connectivity index (χ4v) is 6.68. The average molecular weight is 575 g/mol. The molecule has 0 radical (unpaired) electrons. The number of ether oxygens (including phenoxy) is 2. The molecule has 2 aliphatic heterocycles. The van der Waals surface area contributed by atoms with Crippen LogP contribution < -0.4 is 10.2 Å². The smallest absolute Gasteiger partial charge is 0.243 e. The van der Waals surface area contributed by atoms with Crippen LogP contribution >= 0.6 is 24.6 Å². The van der Waals surface area contributed by atoms with Crippen LogP contribution in [0.25, 0.3) is 0 Å². The maximum atomic E-state index is 13.8. The number of hydrogen-bond acceptors (Lipinski definition) is 8. The van der Waals surface area contributed by atoms with Crippen molar-refractivity contribution in [3.8, 4) is 17.6 Å². The molecule has 206 valence electrons. The molecule has 13 heteroatoms. The van der Waals surface area contributed by atoms with Crippen LogP contribution in [0.1, 0.15) is 27.2 Å². The van der Waals surface area contributed by atoms with E-state index in [4.69, 9.17) is 21.7 Å². The quantitative estimate of drug-likeness (QED) is 0.284. The highest BCUT2D eigenvalue weighted by Gasteiger charge is 2.50. The van der Waals surface area contributed by atoms with E-state index in [0.29, 0.717) is 18.8 Å². The molecule has 2 fully saturated rings. The molecular formula is C24H35ClN4O6S2. The van der Waals surface area contributed by atoms with Crippen LogP contribution in [0.2, 0.25) is 0 Å². The number of morpholine rings is 1. The molecule has 2 aliphatic rings. The van der Waals surface area contributed by atoms with E-state index >= 15 is 0 Å². The first-order chi connectivity index (χ1) is 17.0. The minimum absolute atomic E-state index is 0. The van der Waals surface area contributed by atoms with Crippen molar-refractivity contribution in [3.05, 3.63) is 24.3 Å². The van der Waals surface area contributed by atoms with Gasteiger partial charge in [-0.15, -0.1) is 18.3 Å². The topological polar surface area (TPSA) is 112 Å². The van der Waals surface area contributed by atoms with Crippen LogP contribution in [-0.4, -0.2) is 103 Å². The Morgan fingerprint density at radius 2 is 1.86 bits per heavy atom. The molecule has 1 amide bonds. The van der Waals surface area contributed by atoms with Gasteiger partial charge in [-0.1, -0.05) is 18.1 Å². The number of thiocarbonyl (C=S) groups is 1. The zero-order valence-corrected chi connectivity index (χ0v) is 23.9. The third-order valence-electron chi connectivity index (χ3n) is 6.34. The van der Waals surface area contributed by atoms with E-state index in [1.165, 1.54) is 16.4 Å². The highest BCUT2D eigenvalue weighted by Crippen LogP contribution is 2.34. The van der Waals surface area contributed by atoms with Crippen molar-refractivity contribution >= 4 is 45.5 Å². The van der Waals surface area contributed by atoms with Gasteiger partial charge in [0.05, 0.1) is 23.0 Å². The first kappa shape index (κ1) is 31.2. The van der Waals surface area contributed by atoms with Crippen LogP contribution in [-0.2, 0) is 19.6 Å². The Balaban J connectivity index is 0.00000481. The fraction of sp³-hybridized carbons (Fsp3) is 0.583. The van der Waals surface area contributed by atoms with Gasteiger partial charge in [0.1, 0.15) is 23.4 Å². The molecule has 0 spiro atoms. The average Bonchev–Trinajstić information content (AvgIpc) is 2.83. The van der Waals surface area contributed by atoms with Crippen molar-refractivity contribution in [1.82, 2.24) is 19.6 Å². The van der Waals surface area contributed by atoms with Gasteiger partial charge in [-0.25, -0.2) is 8.42 Å². The number of nitrogens with one attached hydrogen (secondary N) is 1. The van der Waals surface area contributed by atoms with Gasteiger partial charge in [-0.3, -0.25) is 15.5 Å². The summed E-state index contributed by atoms with van der Waals surface area (Å²) in [6.45, 7) is 8.00. The van der Waals surface area contributed by atoms with Crippen LogP contribution in [0.3, 0.4) is 0 Å². The zero-order valence-electron chi connectivity index (χ0n) is 21.5. The van der Waals surface area contributed by atoms with Gasteiger partial charge in [0, 0.05) is 32.7 Å². The molecule has 0 aliphatic carbocycles. The number of likely N-dealkylation sites (N-methyl/N-ethyl adjacent to an activating group) is 1. The molecule has 2 atom stereocenters. The van der Waals surface area contributed by atoms with Gasteiger partial charge >= 0.3 is 0 Å². The van der Waals surface area contributed by atoms with Gasteiger partial charge in [0.25, 0.3) is 0 Å². The van der Waals surface area contributed by atoms with E-state index in [-0.39, 0.29) is 47.8 Å². The molecule has 0 bridgehead atoms. The lowest BCUT2D eigenvalue weighted by atomic mass is 9.94. The molecule has 10 nitrogen and oxygen atoms in total. The van der Waals surface area contributed by atoms with E-state index in [0.717, 1.165) is 13.1 Å². The standard InChI is InChI=1S/C24H34N4O6S2.ClH/c1-5-6-15-33-18-7-9-20(10-8-18)36(31,32)28-17-19(34-24(2,3)22(28)23(35)25-30)16-21(29)27-13-11-26(4)12-14-27;/h7-10,19,22,30H,11-17H2,1-4H3,(H,25,35);1H/t19-,22+;/m0./s1. The largest absolute Gasteiger partial charge is 0.481 e. The number of piperazine rings is 1. The van der Waals surface area contributed by atoms with Gasteiger partial charge in [0.2, 0.25) is 15.9 Å². The van der Waals surface area contributed by atoms with Gasteiger partial charge in [0.15, 0.2) is 0 Å². The summed E-state index contributed by atoms with van der Waals surface area (Å²) in [6.07, 6.45) is -0.647. The normalized spacial score (nSPS) is 22.2. The monoisotopic (exact) mass is 574 g/mol. The third kappa shape index (κ3) is 7.54. The first-order valence-electron chi connectivity index (χ1n) is 11.7. The Labute approximate surface area is 230 Å². The summed E-state index contributed by atoms with van der Waals surface area (Å²) in [5.41, 5.74) is 0.808. The van der Waals surface area contributed by atoms with Gasteiger partial charge in [-0.05, 0) is 52.1 Å². The lowest BCUT2D eigenvalue weighted by Gasteiger charge is -2.48. The van der Waals surface area contributed by atoms with Crippen molar-refractivity contribution in [2.24, 2.45) is 0 Å². The second-order valence-electron chi connectivity index (χ2n) is 9.37. The van der Waals surface area contributed by atoms with E-state index < -0.39 is 27.8 Å². The number of carbonyl (C=O) groups excluding carboxylic acids is 1. The van der Waals surface area contributed by atoms with Crippen molar-refractivity contribution in [1.29, 1.82) is 0 Å². The lowest BCUT2D eigenvalue weighted by molar-refractivity contribution is -0.153. The molecule has 0 unspecified atom stereocenters. The SMILES string of the molecule is CC#CCOc1ccc(S(=O)(=O)N2C[C@H](CC(=O)N3CCN(C)CC3)OC(C)(C)[C@H]2C(=S)NO)cc1.Cl. The number of carbonyl (C=O) groups is 1. The summed E-state index contributed by atoms with van der Waals surface area (Å²) >= 11 is 5.28. The Morgan fingerprint density at radius 3 is 2.43 bits per heavy atom. The number of nitrogens with zero attached hydrogens (tertiary/aromatic N) is 3. The van der Waals surface area contributed by atoms with Crippen molar-refractivity contribution in [2.45, 2.75) is 49.8 Å². The van der Waals surface area contributed by atoms with Crippen LogP contribution in [0.5, 0.6) is 5.75 Å². The fourth-order valence-electron chi connectivity index (χ4n) is 4.45. The second kappa shape index (κ2) is 13.2. The molecular weight excluding hydrogens is 540 g/mol. The summed E-state index contributed by atoms with van der Waals surface area (Å²) in [5.74, 6) is 5.91. The summed E-state index contributed by atoms with van der Waals surface area (Å²) in [7, 11) is -2.07. The predicted octanol–water partition coefficient (Wildman–Crippen LogP) is 1.52. The van der Waals surface area contributed by atoms with Gasteiger partial charge < -0.3 is 19.3 Å². The summed E-state index contributed by atoms with van der Waals surface area (Å²) in [4.78, 5) is 16.9. The molecule has 2 N–H and O–H groups in total. The Kier molecular flexibility index (Phi) is 11.1. The minimum atomic E-state index is -4.08. The van der Waals surface area contributed by atoms with Crippen molar-refractivity contribution < 1.29 is 27.9 Å². The molecule has 1 aromatic carbocycles. The Morgan fingerprint density at radius 1 is 1.24 bits per heavy atom. The van der Waals surface area contributed by atoms with Crippen LogP contribution in [0, 0.1) is 11.8 Å². The lowest BCUT2D eigenvalue weighted by Crippen LogP contribution is -2.66. The number of halogens is 1. The number of rotatable bonds is 7. The van der Waals surface area contributed by atoms with Gasteiger partial charge in [-0.2, -0.15) is 4.31 Å². The summed E-state index contributed by atoms with van der Waals surface area (Å²) in [6, 6.07) is 5.02. The molecule has 3 rings (SSSR count). The van der Waals surface area contributed by atoms with Crippen LogP contribution in [0.4, 0.5) is 0 Å². The minimum Gasteiger partial charge on any atom is -0.481 e. The van der Waals surface area contributed by atoms with E-state index in [1.54, 1.807) is 37.8 Å². The first-order valence-corrected chi connectivity index (χ1v) is 13.6. The number of hydrogen-bond donors (Lipinski definition) is 2. The highest BCUT2D eigenvalue weighted by atomic mass is 35.5. The third-order valence-corrected chi connectivity index (χ3v) is 8.50. The van der Waals surface area contributed by atoms with E-state index in [1.807, 2.05) is 12.5 Å². The van der Waals surface area contributed by atoms with E-state index in [9.17, 15) is 18.4 Å². The number of benzene rings is 1. The van der Waals surface area contributed by atoms with Crippen LogP contribution in [0.15, 0.2) is 29.2 Å². The molecule has 2 saturated heterocycles. The van der Waals surface area contributed by atoms with Crippen molar-refractivity contribution in [2.75, 3.05) is 46.4 Å². The summed E-state index contributed by atoms with van der Waals surface area (Å²) < 4.78 is 40.5. The Hall–Kier alpha value is -1.98. The second-order valence-corrected chi connectivity index (χ2v) is 11.7. The predicted molar refractivity (Wildman–Crippen MR) is 145 cm³/mol. The molecule has 2 heterocycles. The number of sulfonamides is 1. The van der Waals surface area contributed by atoms with E-state index in [2.05, 4.69) is 16.7 Å². The molecule has 37 heavy (non-hydrogen) atoms. The highest BCUT2D eigenvalue weighted by molar-refractivity contribution is 7.89. The zero-order chi connectivity index (χ0) is 26.5. The Bertz CT molecular complexity index is 1110.